The average molecular weight is 240 g/mol. The van der Waals surface area contributed by atoms with Crippen molar-refractivity contribution < 1.29 is 0 Å². The molecule has 0 fully saturated rings. The van der Waals surface area contributed by atoms with E-state index >= 15 is 0 Å². The summed E-state index contributed by atoms with van der Waals surface area (Å²) >= 11 is 0. The summed E-state index contributed by atoms with van der Waals surface area (Å²) in [5.74, 6) is 1.54. The Morgan fingerprint density at radius 2 is 2.06 bits per heavy atom. The number of aromatic nitrogens is 2. The van der Waals surface area contributed by atoms with Gasteiger partial charge in [-0.25, -0.2) is 9.97 Å². The smallest absolute Gasteiger partial charge is 0.135 e. The zero-order valence-corrected chi connectivity index (χ0v) is 10.4. The van der Waals surface area contributed by atoms with Crippen molar-refractivity contribution in [1.82, 2.24) is 9.97 Å². The topological polar surface area (TPSA) is 49.8 Å². The van der Waals surface area contributed by atoms with Gasteiger partial charge in [0.05, 0.1) is 0 Å². The van der Waals surface area contributed by atoms with Crippen molar-refractivity contribution in [1.29, 1.82) is 0 Å². The van der Waals surface area contributed by atoms with Crippen LogP contribution in [0.4, 0.5) is 17.3 Å². The summed E-state index contributed by atoms with van der Waals surface area (Å²) in [5, 5.41) is 6.37. The van der Waals surface area contributed by atoms with E-state index in [1.807, 2.05) is 18.2 Å². The van der Waals surface area contributed by atoms with Gasteiger partial charge >= 0.3 is 0 Å². The van der Waals surface area contributed by atoms with Crippen LogP contribution in [0, 0.1) is 6.92 Å². The SMILES string of the molecule is C=CCNc1cc(Nc2cccc(C)c2)ncn1. The molecule has 2 aromatic rings. The van der Waals surface area contributed by atoms with Gasteiger partial charge in [-0.15, -0.1) is 6.58 Å². The lowest BCUT2D eigenvalue weighted by molar-refractivity contribution is 1.14. The first-order valence-corrected chi connectivity index (χ1v) is 5.78. The van der Waals surface area contributed by atoms with Crippen molar-refractivity contribution in [2.24, 2.45) is 0 Å². The van der Waals surface area contributed by atoms with Crippen LogP contribution in [0.1, 0.15) is 5.56 Å². The number of rotatable bonds is 5. The molecule has 4 heteroatoms. The molecule has 0 saturated heterocycles. The van der Waals surface area contributed by atoms with Gasteiger partial charge in [-0.2, -0.15) is 0 Å². The molecule has 0 spiro atoms. The van der Waals surface area contributed by atoms with Crippen LogP contribution in [0.15, 0.2) is 49.3 Å². The van der Waals surface area contributed by atoms with Crippen molar-refractivity contribution in [3.63, 3.8) is 0 Å². The molecule has 1 aromatic carbocycles. The Kier molecular flexibility index (Phi) is 3.91. The van der Waals surface area contributed by atoms with Gasteiger partial charge in [0.1, 0.15) is 18.0 Å². The molecular weight excluding hydrogens is 224 g/mol. The van der Waals surface area contributed by atoms with E-state index in [1.165, 1.54) is 11.9 Å². The second-order valence-electron chi connectivity index (χ2n) is 3.95. The molecule has 0 unspecified atom stereocenters. The van der Waals surface area contributed by atoms with Gasteiger partial charge in [-0.1, -0.05) is 18.2 Å². The van der Waals surface area contributed by atoms with E-state index in [0.717, 1.165) is 17.3 Å². The Morgan fingerprint density at radius 1 is 1.22 bits per heavy atom. The van der Waals surface area contributed by atoms with Crippen molar-refractivity contribution in [2.45, 2.75) is 6.92 Å². The van der Waals surface area contributed by atoms with E-state index in [-0.39, 0.29) is 0 Å². The maximum Gasteiger partial charge on any atom is 0.135 e. The van der Waals surface area contributed by atoms with Crippen LogP contribution in [0.3, 0.4) is 0 Å². The largest absolute Gasteiger partial charge is 0.366 e. The number of anilines is 3. The first kappa shape index (κ1) is 12.1. The van der Waals surface area contributed by atoms with Crippen LogP contribution >= 0.6 is 0 Å². The molecule has 0 radical (unpaired) electrons. The van der Waals surface area contributed by atoms with Crippen molar-refractivity contribution >= 4 is 17.3 Å². The lowest BCUT2D eigenvalue weighted by Gasteiger charge is -2.08. The highest BCUT2D eigenvalue weighted by Gasteiger charge is 1.98. The highest BCUT2D eigenvalue weighted by molar-refractivity contribution is 5.59. The molecule has 2 rings (SSSR count). The lowest BCUT2D eigenvalue weighted by Crippen LogP contribution is -2.02. The van der Waals surface area contributed by atoms with Gasteiger partial charge in [0.15, 0.2) is 0 Å². The molecule has 92 valence electrons. The lowest BCUT2D eigenvalue weighted by atomic mass is 10.2. The highest BCUT2D eigenvalue weighted by atomic mass is 15.1. The standard InChI is InChI=1S/C14H16N4/c1-3-7-15-13-9-14(17-10-16-13)18-12-6-4-5-11(2)8-12/h3-6,8-10H,1,7H2,2H3,(H2,15,16,17,18). The summed E-state index contributed by atoms with van der Waals surface area (Å²) in [5.41, 5.74) is 2.22. The van der Waals surface area contributed by atoms with E-state index in [9.17, 15) is 0 Å². The molecule has 0 saturated carbocycles. The first-order chi connectivity index (χ1) is 8.78. The van der Waals surface area contributed by atoms with Crippen molar-refractivity contribution in [3.8, 4) is 0 Å². The highest BCUT2D eigenvalue weighted by Crippen LogP contribution is 2.16. The van der Waals surface area contributed by atoms with E-state index in [2.05, 4.69) is 46.2 Å². The molecule has 2 N–H and O–H groups in total. The van der Waals surface area contributed by atoms with Crippen LogP contribution in [0.25, 0.3) is 0 Å². The zero-order chi connectivity index (χ0) is 12.8. The normalized spacial score (nSPS) is 9.83. The Morgan fingerprint density at radius 3 is 2.83 bits per heavy atom. The summed E-state index contributed by atoms with van der Waals surface area (Å²) in [7, 11) is 0. The third kappa shape index (κ3) is 3.31. The second kappa shape index (κ2) is 5.82. The molecule has 0 bridgehead atoms. The predicted molar refractivity (Wildman–Crippen MR) is 75.2 cm³/mol. The molecular formula is C14H16N4. The Hall–Kier alpha value is -2.36. The number of nitrogens with zero attached hydrogens (tertiary/aromatic N) is 2. The molecule has 4 nitrogen and oxygen atoms in total. The number of nitrogens with one attached hydrogen (secondary N) is 2. The van der Waals surface area contributed by atoms with E-state index in [0.29, 0.717) is 6.54 Å². The monoisotopic (exact) mass is 240 g/mol. The summed E-state index contributed by atoms with van der Waals surface area (Å²) < 4.78 is 0. The maximum atomic E-state index is 4.18. The van der Waals surface area contributed by atoms with Crippen LogP contribution in [-0.4, -0.2) is 16.5 Å². The Bertz CT molecular complexity index is 537. The summed E-state index contributed by atoms with van der Waals surface area (Å²) in [4.78, 5) is 8.31. The van der Waals surface area contributed by atoms with Gasteiger partial charge in [-0.05, 0) is 24.6 Å². The second-order valence-corrected chi connectivity index (χ2v) is 3.95. The summed E-state index contributed by atoms with van der Waals surface area (Å²) in [6.45, 7) is 6.39. The van der Waals surface area contributed by atoms with Gasteiger partial charge in [0.2, 0.25) is 0 Å². The predicted octanol–water partition coefficient (Wildman–Crippen LogP) is 3.13. The fourth-order valence-corrected chi connectivity index (χ4v) is 1.57. The molecule has 0 aliphatic carbocycles. The van der Waals surface area contributed by atoms with Gasteiger partial charge in [-0.3, -0.25) is 0 Å². The van der Waals surface area contributed by atoms with Gasteiger partial charge in [0, 0.05) is 18.3 Å². The van der Waals surface area contributed by atoms with Crippen LogP contribution in [-0.2, 0) is 0 Å². The van der Waals surface area contributed by atoms with Gasteiger partial charge < -0.3 is 10.6 Å². The third-order valence-electron chi connectivity index (χ3n) is 2.39. The van der Waals surface area contributed by atoms with Crippen LogP contribution < -0.4 is 10.6 Å². The Balaban J connectivity index is 2.11. The molecule has 1 aromatic heterocycles. The van der Waals surface area contributed by atoms with E-state index < -0.39 is 0 Å². The molecule has 0 atom stereocenters. The van der Waals surface area contributed by atoms with Crippen LogP contribution in [0.2, 0.25) is 0 Å². The average Bonchev–Trinajstić information content (AvgIpc) is 2.37. The van der Waals surface area contributed by atoms with Crippen molar-refractivity contribution in [3.05, 3.63) is 54.9 Å². The van der Waals surface area contributed by atoms with Crippen LogP contribution in [0.5, 0.6) is 0 Å². The first-order valence-electron chi connectivity index (χ1n) is 5.78. The Labute approximate surface area is 107 Å². The molecule has 0 amide bonds. The number of hydrogen-bond donors (Lipinski definition) is 2. The number of hydrogen-bond acceptors (Lipinski definition) is 4. The van der Waals surface area contributed by atoms with Gasteiger partial charge in [0.25, 0.3) is 0 Å². The number of benzene rings is 1. The molecule has 0 aliphatic heterocycles. The minimum absolute atomic E-state index is 0.681. The minimum Gasteiger partial charge on any atom is -0.366 e. The fourth-order valence-electron chi connectivity index (χ4n) is 1.57. The quantitative estimate of drug-likeness (QED) is 0.788. The fraction of sp³-hybridized carbons (Fsp3) is 0.143. The number of aryl methyl sites for hydroxylation is 1. The molecule has 0 aliphatic rings. The molecule has 18 heavy (non-hydrogen) atoms. The molecule has 1 heterocycles. The van der Waals surface area contributed by atoms with Crippen molar-refractivity contribution in [2.75, 3.05) is 17.2 Å². The minimum atomic E-state index is 0.681. The zero-order valence-electron chi connectivity index (χ0n) is 10.4. The summed E-state index contributed by atoms with van der Waals surface area (Å²) in [6, 6.07) is 10.0. The van der Waals surface area contributed by atoms with E-state index in [1.54, 1.807) is 6.08 Å². The third-order valence-corrected chi connectivity index (χ3v) is 2.39. The van der Waals surface area contributed by atoms with E-state index in [4.69, 9.17) is 0 Å². The summed E-state index contributed by atoms with van der Waals surface area (Å²) in [6.07, 6.45) is 3.32. The maximum absolute atomic E-state index is 4.18.